The summed E-state index contributed by atoms with van der Waals surface area (Å²) in [4.78, 5) is 8.68. The van der Waals surface area contributed by atoms with Gasteiger partial charge in [0.1, 0.15) is 11.6 Å². The Hall–Kier alpha value is -1.20. The van der Waals surface area contributed by atoms with Gasteiger partial charge in [-0.15, -0.1) is 0 Å². The third-order valence-electron chi connectivity index (χ3n) is 2.33. The molecule has 4 nitrogen and oxygen atoms in total. The predicted octanol–water partition coefficient (Wildman–Crippen LogP) is 1.84. The normalized spacial score (nSPS) is 10.7. The van der Waals surface area contributed by atoms with Gasteiger partial charge >= 0.3 is 0 Å². The maximum absolute atomic E-state index is 5.55. The molecule has 0 aliphatic rings. The summed E-state index contributed by atoms with van der Waals surface area (Å²) in [6.07, 6.45) is 6.22. The fourth-order valence-electron chi connectivity index (χ4n) is 1.63. The van der Waals surface area contributed by atoms with Crippen LogP contribution in [0.25, 0.3) is 5.82 Å². The molecule has 16 heavy (non-hydrogen) atoms. The van der Waals surface area contributed by atoms with Gasteiger partial charge in [0.05, 0.1) is 0 Å². The summed E-state index contributed by atoms with van der Waals surface area (Å²) in [6.45, 7) is 2.62. The molecule has 0 unspecified atom stereocenters. The van der Waals surface area contributed by atoms with Crippen LogP contribution in [0.5, 0.6) is 0 Å². The largest absolute Gasteiger partial charge is 0.330 e. The van der Waals surface area contributed by atoms with Gasteiger partial charge in [-0.3, -0.25) is 4.57 Å². The Bertz CT molecular complexity index is 492. The first-order valence-corrected chi connectivity index (χ1v) is 5.86. The molecule has 0 atom stereocenters. The van der Waals surface area contributed by atoms with E-state index in [-0.39, 0.29) is 0 Å². The number of hydrogen-bond acceptors (Lipinski definition) is 3. The highest BCUT2D eigenvalue weighted by Crippen LogP contribution is 2.17. The smallest absolute Gasteiger partial charge is 0.141 e. The first-order chi connectivity index (χ1) is 7.72. The molecule has 0 fully saturated rings. The van der Waals surface area contributed by atoms with Crippen molar-refractivity contribution in [3.63, 3.8) is 0 Å². The fraction of sp³-hybridized carbons (Fsp3) is 0.273. The number of aryl methyl sites for hydroxylation is 1. The van der Waals surface area contributed by atoms with E-state index in [1.165, 1.54) is 0 Å². The lowest BCUT2D eigenvalue weighted by Gasteiger charge is -2.09. The molecule has 2 aromatic rings. The molecule has 0 amide bonds. The third kappa shape index (κ3) is 2.15. The minimum Gasteiger partial charge on any atom is -0.330 e. The van der Waals surface area contributed by atoms with E-state index < -0.39 is 0 Å². The molecule has 2 heterocycles. The van der Waals surface area contributed by atoms with Gasteiger partial charge in [0, 0.05) is 29.5 Å². The second kappa shape index (κ2) is 4.76. The summed E-state index contributed by atoms with van der Waals surface area (Å²) in [5.74, 6) is 1.85. The zero-order valence-electron chi connectivity index (χ0n) is 9.02. The molecular weight excluding hydrogens is 268 g/mol. The molecule has 2 rings (SSSR count). The Morgan fingerprint density at radius 3 is 2.94 bits per heavy atom. The zero-order valence-corrected chi connectivity index (χ0v) is 10.6. The van der Waals surface area contributed by atoms with Gasteiger partial charge in [-0.25, -0.2) is 9.97 Å². The molecule has 0 aliphatic heterocycles. The second-order valence-corrected chi connectivity index (χ2v) is 4.46. The predicted molar refractivity (Wildman–Crippen MR) is 66.6 cm³/mol. The summed E-state index contributed by atoms with van der Waals surface area (Å²) < 4.78 is 2.96. The van der Waals surface area contributed by atoms with Gasteiger partial charge in [0.2, 0.25) is 0 Å². The number of imidazole rings is 1. The van der Waals surface area contributed by atoms with Gasteiger partial charge in [0.15, 0.2) is 0 Å². The Morgan fingerprint density at radius 1 is 1.44 bits per heavy atom. The van der Waals surface area contributed by atoms with Crippen molar-refractivity contribution < 1.29 is 0 Å². The molecular formula is C11H13BrN4. The molecule has 0 spiro atoms. The lowest BCUT2D eigenvalue weighted by Crippen LogP contribution is -2.10. The SMILES string of the molecule is Cc1cc(Br)cnc1-n1ccnc1CCN. The number of nitrogens with zero attached hydrogens (tertiary/aromatic N) is 3. The van der Waals surface area contributed by atoms with E-state index in [4.69, 9.17) is 5.73 Å². The summed E-state index contributed by atoms with van der Waals surface area (Å²) in [5, 5.41) is 0. The Kier molecular flexibility index (Phi) is 3.36. The third-order valence-corrected chi connectivity index (χ3v) is 2.76. The van der Waals surface area contributed by atoms with E-state index in [0.717, 1.165) is 28.1 Å². The number of aromatic nitrogens is 3. The van der Waals surface area contributed by atoms with Crippen molar-refractivity contribution in [1.29, 1.82) is 0 Å². The molecule has 0 aliphatic carbocycles. The summed E-state index contributed by atoms with van der Waals surface area (Å²) >= 11 is 3.40. The van der Waals surface area contributed by atoms with E-state index in [2.05, 4.69) is 25.9 Å². The van der Waals surface area contributed by atoms with Crippen LogP contribution in [0.15, 0.2) is 29.1 Å². The molecule has 2 N–H and O–H groups in total. The molecule has 5 heteroatoms. The van der Waals surface area contributed by atoms with Crippen molar-refractivity contribution in [3.8, 4) is 5.82 Å². The summed E-state index contributed by atoms with van der Waals surface area (Å²) in [6, 6.07) is 2.04. The first kappa shape index (κ1) is 11.3. The minimum atomic E-state index is 0.590. The van der Waals surface area contributed by atoms with Gasteiger partial charge < -0.3 is 5.73 Å². The lowest BCUT2D eigenvalue weighted by molar-refractivity contribution is 0.818. The van der Waals surface area contributed by atoms with Gasteiger partial charge in [-0.2, -0.15) is 0 Å². The van der Waals surface area contributed by atoms with Gasteiger partial charge in [-0.1, -0.05) is 0 Å². The topological polar surface area (TPSA) is 56.7 Å². The molecule has 84 valence electrons. The van der Waals surface area contributed by atoms with Crippen molar-refractivity contribution in [1.82, 2.24) is 14.5 Å². The van der Waals surface area contributed by atoms with E-state index >= 15 is 0 Å². The quantitative estimate of drug-likeness (QED) is 0.934. The lowest BCUT2D eigenvalue weighted by atomic mass is 10.3. The summed E-state index contributed by atoms with van der Waals surface area (Å²) in [5.41, 5.74) is 6.65. The van der Waals surface area contributed by atoms with Crippen LogP contribution in [-0.2, 0) is 6.42 Å². The van der Waals surface area contributed by atoms with E-state index in [0.29, 0.717) is 6.54 Å². The standard InChI is InChI=1S/C11H13BrN4/c1-8-6-9(12)7-15-11(8)16-5-4-14-10(16)2-3-13/h4-7H,2-3,13H2,1H3. The average molecular weight is 281 g/mol. The highest BCUT2D eigenvalue weighted by atomic mass is 79.9. The Morgan fingerprint density at radius 2 is 2.25 bits per heavy atom. The summed E-state index contributed by atoms with van der Waals surface area (Å²) in [7, 11) is 0. The Balaban J connectivity index is 2.46. The number of nitrogens with two attached hydrogens (primary N) is 1. The Labute approximate surface area is 103 Å². The molecule has 0 bridgehead atoms. The maximum atomic E-state index is 5.55. The van der Waals surface area contributed by atoms with Crippen LogP contribution in [0.3, 0.4) is 0 Å². The zero-order chi connectivity index (χ0) is 11.5. The maximum Gasteiger partial charge on any atom is 0.141 e. The number of halogens is 1. The van der Waals surface area contributed by atoms with Crippen molar-refractivity contribution in [2.75, 3.05) is 6.54 Å². The van der Waals surface area contributed by atoms with Gasteiger partial charge in [0.25, 0.3) is 0 Å². The fourth-order valence-corrected chi connectivity index (χ4v) is 2.07. The van der Waals surface area contributed by atoms with Crippen LogP contribution >= 0.6 is 15.9 Å². The molecule has 2 aromatic heterocycles. The van der Waals surface area contributed by atoms with Crippen molar-refractivity contribution in [2.45, 2.75) is 13.3 Å². The molecule has 0 radical (unpaired) electrons. The molecule has 0 aromatic carbocycles. The van der Waals surface area contributed by atoms with Crippen LogP contribution in [0.4, 0.5) is 0 Å². The van der Waals surface area contributed by atoms with E-state index in [9.17, 15) is 0 Å². The van der Waals surface area contributed by atoms with Crippen molar-refractivity contribution in [3.05, 3.63) is 40.5 Å². The monoisotopic (exact) mass is 280 g/mol. The second-order valence-electron chi connectivity index (χ2n) is 3.55. The molecule has 0 saturated carbocycles. The molecule has 0 saturated heterocycles. The van der Waals surface area contributed by atoms with E-state index in [1.807, 2.05) is 23.8 Å². The first-order valence-electron chi connectivity index (χ1n) is 5.07. The minimum absolute atomic E-state index is 0.590. The van der Waals surface area contributed by atoms with Crippen molar-refractivity contribution >= 4 is 15.9 Å². The number of pyridine rings is 1. The van der Waals surface area contributed by atoms with Crippen molar-refractivity contribution in [2.24, 2.45) is 5.73 Å². The average Bonchev–Trinajstić information content (AvgIpc) is 2.67. The van der Waals surface area contributed by atoms with Crippen LogP contribution in [0, 0.1) is 6.92 Å². The van der Waals surface area contributed by atoms with E-state index in [1.54, 1.807) is 12.4 Å². The van der Waals surface area contributed by atoms with Crippen LogP contribution in [0.1, 0.15) is 11.4 Å². The van der Waals surface area contributed by atoms with Crippen LogP contribution < -0.4 is 5.73 Å². The number of hydrogen-bond donors (Lipinski definition) is 1. The number of rotatable bonds is 3. The van der Waals surface area contributed by atoms with Crippen LogP contribution in [-0.4, -0.2) is 21.1 Å². The highest BCUT2D eigenvalue weighted by Gasteiger charge is 2.08. The van der Waals surface area contributed by atoms with Gasteiger partial charge in [-0.05, 0) is 41.0 Å². The highest BCUT2D eigenvalue weighted by molar-refractivity contribution is 9.10. The van der Waals surface area contributed by atoms with Crippen LogP contribution in [0.2, 0.25) is 0 Å².